The molecule has 0 atom stereocenters. The summed E-state index contributed by atoms with van der Waals surface area (Å²) < 4.78 is 4.78. The number of ether oxygens (including phenoxy) is 1. The fraction of sp³-hybridized carbons (Fsp3) is 0.667. The zero-order chi connectivity index (χ0) is 8.16. The molecule has 1 saturated carbocycles. The third-order valence-corrected chi connectivity index (χ3v) is 2.16. The van der Waals surface area contributed by atoms with Crippen molar-refractivity contribution in [3.8, 4) is 12.3 Å². The molecule has 1 rings (SSSR count). The second-order valence-corrected chi connectivity index (χ2v) is 2.88. The maximum Gasteiger partial charge on any atom is 0.419 e. The lowest BCUT2D eigenvalue weighted by atomic mass is 9.85. The Morgan fingerprint density at radius 3 is 2.36 bits per heavy atom. The monoisotopic (exact) mass is 151 g/mol. The molecule has 2 heteroatoms. The Bertz CT molecular complexity index is 172. The SMILES string of the molecule is C#CC1(O[C]=O)CCCCC1. The highest BCUT2D eigenvalue weighted by molar-refractivity contribution is 5.41. The van der Waals surface area contributed by atoms with Gasteiger partial charge in [-0.25, -0.2) is 4.79 Å². The van der Waals surface area contributed by atoms with E-state index in [1.165, 1.54) is 12.9 Å². The normalized spacial score (nSPS) is 21.7. The molecule has 0 aromatic heterocycles. The molecule has 0 spiro atoms. The van der Waals surface area contributed by atoms with Crippen LogP contribution in [-0.4, -0.2) is 12.1 Å². The van der Waals surface area contributed by atoms with Gasteiger partial charge in [0.25, 0.3) is 0 Å². The van der Waals surface area contributed by atoms with E-state index in [9.17, 15) is 4.79 Å². The minimum atomic E-state index is -0.625. The van der Waals surface area contributed by atoms with Crippen LogP contribution in [0.2, 0.25) is 0 Å². The van der Waals surface area contributed by atoms with Crippen molar-refractivity contribution in [3.63, 3.8) is 0 Å². The Morgan fingerprint density at radius 1 is 1.27 bits per heavy atom. The summed E-state index contributed by atoms with van der Waals surface area (Å²) in [4.78, 5) is 9.99. The molecule has 1 fully saturated rings. The Hall–Kier alpha value is -0.970. The van der Waals surface area contributed by atoms with E-state index in [2.05, 4.69) is 5.92 Å². The largest absolute Gasteiger partial charge is 0.437 e. The molecule has 11 heavy (non-hydrogen) atoms. The summed E-state index contributed by atoms with van der Waals surface area (Å²) in [6, 6.07) is 0. The second kappa shape index (κ2) is 3.43. The van der Waals surface area contributed by atoms with Crippen LogP contribution < -0.4 is 0 Å². The Morgan fingerprint density at radius 2 is 1.91 bits per heavy atom. The van der Waals surface area contributed by atoms with Crippen LogP contribution in [0.25, 0.3) is 0 Å². The van der Waals surface area contributed by atoms with Crippen molar-refractivity contribution >= 4 is 6.47 Å². The molecule has 0 unspecified atom stereocenters. The number of terminal acetylenes is 1. The number of carbonyl (C=O) groups excluding carboxylic acids is 1. The highest BCUT2D eigenvalue weighted by Gasteiger charge is 2.31. The second-order valence-electron chi connectivity index (χ2n) is 2.88. The van der Waals surface area contributed by atoms with Gasteiger partial charge in [-0.1, -0.05) is 12.3 Å². The van der Waals surface area contributed by atoms with Crippen LogP contribution in [-0.2, 0) is 9.53 Å². The molecule has 0 bridgehead atoms. The molecule has 0 heterocycles. The molecule has 1 aliphatic rings. The van der Waals surface area contributed by atoms with Gasteiger partial charge in [0.2, 0.25) is 0 Å². The summed E-state index contributed by atoms with van der Waals surface area (Å²) in [5, 5.41) is 0. The van der Waals surface area contributed by atoms with Gasteiger partial charge in [0.15, 0.2) is 5.60 Å². The van der Waals surface area contributed by atoms with E-state index in [1.54, 1.807) is 0 Å². The summed E-state index contributed by atoms with van der Waals surface area (Å²) in [7, 11) is 0. The van der Waals surface area contributed by atoms with Crippen LogP contribution in [0.4, 0.5) is 0 Å². The van der Waals surface area contributed by atoms with Crippen LogP contribution in [0.3, 0.4) is 0 Å². The molecular weight excluding hydrogens is 140 g/mol. The highest BCUT2D eigenvalue weighted by Crippen LogP contribution is 2.30. The van der Waals surface area contributed by atoms with Gasteiger partial charge in [0.1, 0.15) is 0 Å². The lowest BCUT2D eigenvalue weighted by Gasteiger charge is -2.29. The Labute approximate surface area is 66.9 Å². The first kappa shape index (κ1) is 8.13. The number of hydrogen-bond donors (Lipinski definition) is 0. The molecule has 1 aliphatic carbocycles. The molecule has 2 nitrogen and oxygen atoms in total. The first-order chi connectivity index (χ1) is 5.33. The standard InChI is InChI=1S/C9H11O2/c1-2-9(11-8-10)6-4-3-5-7-9/h1H,3-7H2. The van der Waals surface area contributed by atoms with Crippen molar-refractivity contribution in [1.29, 1.82) is 0 Å². The zero-order valence-electron chi connectivity index (χ0n) is 6.43. The topological polar surface area (TPSA) is 26.3 Å². The summed E-state index contributed by atoms with van der Waals surface area (Å²) in [5.41, 5.74) is -0.625. The maximum atomic E-state index is 9.99. The molecule has 0 aromatic carbocycles. The summed E-state index contributed by atoms with van der Waals surface area (Å²) in [6.45, 7) is 1.44. The molecule has 0 aliphatic heterocycles. The van der Waals surface area contributed by atoms with Crippen molar-refractivity contribution in [2.75, 3.05) is 0 Å². The average Bonchev–Trinajstić information content (AvgIpc) is 2.07. The van der Waals surface area contributed by atoms with Gasteiger partial charge >= 0.3 is 6.47 Å². The van der Waals surface area contributed by atoms with Crippen LogP contribution in [0.15, 0.2) is 0 Å². The van der Waals surface area contributed by atoms with Gasteiger partial charge in [0.05, 0.1) is 0 Å². The first-order valence-corrected chi connectivity index (χ1v) is 3.86. The van der Waals surface area contributed by atoms with E-state index in [0.29, 0.717) is 0 Å². The van der Waals surface area contributed by atoms with Gasteiger partial charge in [-0.3, -0.25) is 0 Å². The predicted molar refractivity (Wildman–Crippen MR) is 41.4 cm³/mol. The van der Waals surface area contributed by atoms with Crippen LogP contribution in [0.1, 0.15) is 32.1 Å². The Balaban J connectivity index is 2.58. The van der Waals surface area contributed by atoms with E-state index < -0.39 is 5.60 Å². The van der Waals surface area contributed by atoms with Gasteiger partial charge < -0.3 is 4.74 Å². The Kier molecular flexibility index (Phi) is 2.53. The van der Waals surface area contributed by atoms with Crippen LogP contribution >= 0.6 is 0 Å². The molecule has 0 N–H and O–H groups in total. The van der Waals surface area contributed by atoms with Gasteiger partial charge in [-0.2, -0.15) is 0 Å². The highest BCUT2D eigenvalue weighted by atomic mass is 16.5. The molecule has 1 radical (unpaired) electrons. The third-order valence-electron chi connectivity index (χ3n) is 2.16. The van der Waals surface area contributed by atoms with E-state index in [1.807, 2.05) is 0 Å². The molecule has 0 saturated heterocycles. The fourth-order valence-corrected chi connectivity index (χ4v) is 1.48. The van der Waals surface area contributed by atoms with Crippen molar-refractivity contribution in [1.82, 2.24) is 0 Å². The quantitative estimate of drug-likeness (QED) is 0.558. The fourth-order valence-electron chi connectivity index (χ4n) is 1.48. The van der Waals surface area contributed by atoms with Crippen molar-refractivity contribution in [2.45, 2.75) is 37.7 Å². The predicted octanol–water partition coefficient (Wildman–Crippen LogP) is 1.41. The van der Waals surface area contributed by atoms with Crippen molar-refractivity contribution in [3.05, 3.63) is 0 Å². The number of hydrogen-bond acceptors (Lipinski definition) is 2. The van der Waals surface area contributed by atoms with Crippen LogP contribution in [0, 0.1) is 12.3 Å². The van der Waals surface area contributed by atoms with E-state index in [4.69, 9.17) is 11.2 Å². The van der Waals surface area contributed by atoms with Gasteiger partial charge in [-0.15, -0.1) is 6.42 Å². The van der Waals surface area contributed by atoms with Crippen molar-refractivity contribution < 1.29 is 9.53 Å². The first-order valence-electron chi connectivity index (χ1n) is 3.86. The van der Waals surface area contributed by atoms with E-state index in [-0.39, 0.29) is 0 Å². The van der Waals surface area contributed by atoms with Crippen molar-refractivity contribution in [2.24, 2.45) is 0 Å². The zero-order valence-corrected chi connectivity index (χ0v) is 6.43. The molecule has 59 valence electrons. The lowest BCUT2D eigenvalue weighted by molar-refractivity contribution is 0.0701. The summed E-state index contributed by atoms with van der Waals surface area (Å²) in [5.74, 6) is 2.53. The lowest BCUT2D eigenvalue weighted by Crippen LogP contribution is -2.32. The van der Waals surface area contributed by atoms with Gasteiger partial charge in [-0.05, 0) is 25.7 Å². The summed E-state index contributed by atoms with van der Waals surface area (Å²) >= 11 is 0. The molecule has 0 amide bonds. The average molecular weight is 151 g/mol. The minimum absolute atomic E-state index is 0.625. The molecule has 0 aromatic rings. The third kappa shape index (κ3) is 1.74. The maximum absolute atomic E-state index is 9.99. The van der Waals surface area contributed by atoms with Gasteiger partial charge in [0, 0.05) is 0 Å². The smallest absolute Gasteiger partial charge is 0.419 e. The van der Waals surface area contributed by atoms with Crippen LogP contribution in [0.5, 0.6) is 0 Å². The molecular formula is C9H11O2. The van der Waals surface area contributed by atoms with E-state index in [0.717, 1.165) is 25.7 Å². The minimum Gasteiger partial charge on any atom is -0.437 e. The summed E-state index contributed by atoms with van der Waals surface area (Å²) in [6.07, 6.45) is 10.1. The van der Waals surface area contributed by atoms with E-state index >= 15 is 0 Å². The number of rotatable bonds is 2.